The molecule has 1 rings (SSSR count). The number of H-pyrrole nitrogens is 1. The van der Waals surface area contributed by atoms with Crippen LogP contribution in [0.1, 0.15) is 12.7 Å². The molecule has 0 fully saturated rings. The van der Waals surface area contributed by atoms with Crippen LogP contribution in [0.15, 0.2) is 30.6 Å². The molecule has 0 saturated carbocycles. The molecule has 1 heterocycles. The molecule has 0 unspecified atom stereocenters. The first-order valence-electron chi connectivity index (χ1n) is 3.22. The third-order valence-electron chi connectivity index (χ3n) is 1.08. The van der Waals surface area contributed by atoms with Gasteiger partial charge in [0.25, 0.3) is 0 Å². The number of hydrogen-bond acceptors (Lipinski definition) is 1. The van der Waals surface area contributed by atoms with Gasteiger partial charge in [0, 0.05) is 12.4 Å². The van der Waals surface area contributed by atoms with Gasteiger partial charge < -0.3 is 4.98 Å². The van der Waals surface area contributed by atoms with Gasteiger partial charge in [-0.15, -0.1) is 0 Å². The third-order valence-corrected chi connectivity index (χ3v) is 1.08. The van der Waals surface area contributed by atoms with Crippen molar-refractivity contribution in [1.29, 1.82) is 0 Å². The summed E-state index contributed by atoms with van der Waals surface area (Å²) in [5, 5.41) is 0. The Morgan fingerprint density at radius 1 is 1.50 bits per heavy atom. The lowest BCUT2D eigenvalue weighted by molar-refractivity contribution is 1.26. The maximum absolute atomic E-state index is 4.01. The van der Waals surface area contributed by atoms with E-state index >= 15 is 0 Å². The van der Waals surface area contributed by atoms with E-state index in [0.29, 0.717) is 0 Å². The maximum Gasteiger partial charge on any atom is 0.129 e. The summed E-state index contributed by atoms with van der Waals surface area (Å²) in [7, 11) is 0. The Labute approximate surface area is 60.3 Å². The predicted octanol–water partition coefficient (Wildman–Crippen LogP) is 2.00. The van der Waals surface area contributed by atoms with E-state index in [1.807, 2.05) is 31.2 Å². The molecule has 0 aliphatic heterocycles. The summed E-state index contributed by atoms with van der Waals surface area (Å²) in [6.45, 7) is 1.98. The maximum atomic E-state index is 4.01. The number of nitrogens with one attached hydrogen (secondary N) is 1. The summed E-state index contributed by atoms with van der Waals surface area (Å²) in [5.74, 6) is 0.887. The molecule has 0 spiro atoms. The van der Waals surface area contributed by atoms with Crippen LogP contribution in [-0.4, -0.2) is 9.97 Å². The number of aromatic amines is 1. The Morgan fingerprint density at radius 2 is 2.40 bits per heavy atom. The minimum absolute atomic E-state index is 0.887. The van der Waals surface area contributed by atoms with Gasteiger partial charge in [0.2, 0.25) is 0 Å². The van der Waals surface area contributed by atoms with Gasteiger partial charge >= 0.3 is 0 Å². The molecule has 0 aromatic carbocycles. The lowest BCUT2D eigenvalue weighted by Crippen LogP contribution is -1.70. The zero-order valence-corrected chi connectivity index (χ0v) is 5.91. The predicted molar refractivity (Wildman–Crippen MR) is 42.4 cm³/mol. The number of hydrogen-bond donors (Lipinski definition) is 1. The molecule has 1 aromatic rings. The van der Waals surface area contributed by atoms with Crippen molar-refractivity contribution >= 4 is 6.08 Å². The highest BCUT2D eigenvalue weighted by Gasteiger charge is 1.81. The Kier molecular flexibility index (Phi) is 2.49. The average molecular weight is 134 g/mol. The van der Waals surface area contributed by atoms with E-state index in [1.54, 1.807) is 12.4 Å². The summed E-state index contributed by atoms with van der Waals surface area (Å²) in [6.07, 6.45) is 11.3. The Bertz CT molecular complexity index is 219. The van der Waals surface area contributed by atoms with Crippen LogP contribution < -0.4 is 0 Å². The molecule has 0 amide bonds. The molecule has 0 atom stereocenters. The summed E-state index contributed by atoms with van der Waals surface area (Å²) in [6, 6.07) is 0. The normalized spacial score (nSPS) is 11.7. The van der Waals surface area contributed by atoms with Crippen LogP contribution in [0.5, 0.6) is 0 Å². The Morgan fingerprint density at radius 3 is 3.00 bits per heavy atom. The smallest absolute Gasteiger partial charge is 0.129 e. The Balaban J connectivity index is 2.55. The van der Waals surface area contributed by atoms with Crippen LogP contribution in [-0.2, 0) is 0 Å². The lowest BCUT2D eigenvalue weighted by Gasteiger charge is -1.78. The van der Waals surface area contributed by atoms with Crippen LogP contribution in [0, 0.1) is 0 Å². The van der Waals surface area contributed by atoms with Crippen molar-refractivity contribution in [3.05, 3.63) is 36.4 Å². The van der Waals surface area contributed by atoms with Crippen molar-refractivity contribution in [3.63, 3.8) is 0 Å². The zero-order valence-electron chi connectivity index (χ0n) is 5.91. The highest BCUT2D eigenvalue weighted by molar-refractivity contribution is 5.42. The minimum Gasteiger partial charge on any atom is -0.345 e. The first-order chi connectivity index (χ1) is 4.93. The van der Waals surface area contributed by atoms with Crippen molar-refractivity contribution in [3.8, 4) is 0 Å². The van der Waals surface area contributed by atoms with Gasteiger partial charge in [-0.3, -0.25) is 0 Å². The van der Waals surface area contributed by atoms with E-state index in [0.717, 1.165) is 5.82 Å². The SMILES string of the molecule is C/C=C/C=C/c1ncc[nH]1. The molecule has 52 valence electrons. The van der Waals surface area contributed by atoms with Crippen LogP contribution in [0.3, 0.4) is 0 Å². The molecule has 0 aliphatic carbocycles. The first-order valence-corrected chi connectivity index (χ1v) is 3.22. The van der Waals surface area contributed by atoms with Crippen LogP contribution in [0.25, 0.3) is 6.08 Å². The highest BCUT2D eigenvalue weighted by atomic mass is 14.9. The van der Waals surface area contributed by atoms with Crippen molar-refractivity contribution < 1.29 is 0 Å². The quantitative estimate of drug-likeness (QED) is 0.616. The minimum atomic E-state index is 0.887. The third kappa shape index (κ3) is 1.90. The van der Waals surface area contributed by atoms with E-state index < -0.39 is 0 Å². The highest BCUT2D eigenvalue weighted by Crippen LogP contribution is 1.91. The van der Waals surface area contributed by atoms with E-state index in [4.69, 9.17) is 0 Å². The number of nitrogens with zero attached hydrogens (tertiary/aromatic N) is 1. The summed E-state index contributed by atoms with van der Waals surface area (Å²) in [4.78, 5) is 6.98. The largest absolute Gasteiger partial charge is 0.345 e. The topological polar surface area (TPSA) is 28.7 Å². The molecule has 0 radical (unpaired) electrons. The monoisotopic (exact) mass is 134 g/mol. The van der Waals surface area contributed by atoms with E-state index in [9.17, 15) is 0 Å². The number of rotatable bonds is 2. The molecule has 1 aromatic heterocycles. The van der Waals surface area contributed by atoms with E-state index in [-0.39, 0.29) is 0 Å². The summed E-state index contributed by atoms with van der Waals surface area (Å²) >= 11 is 0. The van der Waals surface area contributed by atoms with Gasteiger partial charge in [-0.25, -0.2) is 4.98 Å². The summed E-state index contributed by atoms with van der Waals surface area (Å²) < 4.78 is 0. The zero-order chi connectivity index (χ0) is 7.23. The Hall–Kier alpha value is -1.31. The molecule has 0 saturated heterocycles. The molecular formula is C8H10N2. The van der Waals surface area contributed by atoms with Gasteiger partial charge in [-0.05, 0) is 13.0 Å². The van der Waals surface area contributed by atoms with Crippen LogP contribution in [0.4, 0.5) is 0 Å². The first kappa shape index (κ1) is 6.81. The molecule has 2 nitrogen and oxygen atoms in total. The van der Waals surface area contributed by atoms with Gasteiger partial charge in [-0.2, -0.15) is 0 Å². The molecule has 10 heavy (non-hydrogen) atoms. The van der Waals surface area contributed by atoms with Gasteiger partial charge in [0.1, 0.15) is 5.82 Å². The van der Waals surface area contributed by atoms with Crippen LogP contribution in [0.2, 0.25) is 0 Å². The van der Waals surface area contributed by atoms with Crippen molar-refractivity contribution in [1.82, 2.24) is 9.97 Å². The van der Waals surface area contributed by atoms with Crippen LogP contribution >= 0.6 is 0 Å². The number of allylic oxidation sites excluding steroid dienone is 3. The van der Waals surface area contributed by atoms with Crippen molar-refractivity contribution in [2.75, 3.05) is 0 Å². The lowest BCUT2D eigenvalue weighted by atomic mass is 10.4. The van der Waals surface area contributed by atoms with Crippen molar-refractivity contribution in [2.24, 2.45) is 0 Å². The van der Waals surface area contributed by atoms with E-state index in [2.05, 4.69) is 9.97 Å². The molecule has 1 N–H and O–H groups in total. The average Bonchev–Trinajstić information content (AvgIpc) is 2.41. The second kappa shape index (κ2) is 3.67. The molecule has 2 heteroatoms. The second-order valence-electron chi connectivity index (χ2n) is 1.86. The fourth-order valence-electron chi connectivity index (χ4n) is 0.626. The van der Waals surface area contributed by atoms with Gasteiger partial charge in [0.15, 0.2) is 0 Å². The molecule has 0 bridgehead atoms. The second-order valence-corrected chi connectivity index (χ2v) is 1.86. The summed E-state index contributed by atoms with van der Waals surface area (Å²) in [5.41, 5.74) is 0. The molecular weight excluding hydrogens is 124 g/mol. The van der Waals surface area contributed by atoms with E-state index in [1.165, 1.54) is 0 Å². The van der Waals surface area contributed by atoms with Gasteiger partial charge in [0.05, 0.1) is 0 Å². The number of aromatic nitrogens is 2. The standard InChI is InChI=1S/C8H10N2/c1-2-3-4-5-8-9-6-7-10-8/h2-7H,1H3,(H,9,10)/b3-2+,5-4+. The van der Waals surface area contributed by atoms with Gasteiger partial charge in [-0.1, -0.05) is 18.2 Å². The fourth-order valence-corrected chi connectivity index (χ4v) is 0.626. The fraction of sp³-hybridized carbons (Fsp3) is 0.125. The number of imidazole rings is 1. The molecule has 0 aliphatic rings. The van der Waals surface area contributed by atoms with Crippen molar-refractivity contribution in [2.45, 2.75) is 6.92 Å².